The van der Waals surface area contributed by atoms with Crippen LogP contribution in [0.1, 0.15) is 16.6 Å². The number of carbonyl (C=O) groups is 1. The van der Waals surface area contributed by atoms with Gasteiger partial charge in [0.25, 0.3) is 0 Å². The summed E-state index contributed by atoms with van der Waals surface area (Å²) in [5.74, 6) is 0.799. The van der Waals surface area contributed by atoms with E-state index >= 15 is 0 Å². The Morgan fingerprint density at radius 1 is 1.35 bits per heavy atom. The summed E-state index contributed by atoms with van der Waals surface area (Å²) in [5, 5.41) is 14.6. The van der Waals surface area contributed by atoms with Crippen molar-refractivity contribution >= 4 is 22.5 Å². The van der Waals surface area contributed by atoms with Gasteiger partial charge >= 0.3 is 6.03 Å². The van der Waals surface area contributed by atoms with Crippen molar-refractivity contribution in [3.05, 3.63) is 34.8 Å². The molecule has 1 aromatic carbocycles. The first-order chi connectivity index (χ1) is 11.0. The molecule has 0 aliphatic carbocycles. The van der Waals surface area contributed by atoms with Gasteiger partial charge in [0.2, 0.25) is 5.13 Å². The molecule has 0 aliphatic heterocycles. The van der Waals surface area contributed by atoms with E-state index in [4.69, 9.17) is 4.74 Å². The molecule has 7 nitrogen and oxygen atoms in total. The van der Waals surface area contributed by atoms with Crippen LogP contribution in [-0.4, -0.2) is 48.9 Å². The Hall–Kier alpha value is -2.19. The van der Waals surface area contributed by atoms with E-state index in [9.17, 15) is 4.79 Å². The number of para-hydroxylation sites is 1. The zero-order chi connectivity index (χ0) is 16.8. The van der Waals surface area contributed by atoms with Gasteiger partial charge in [0, 0.05) is 12.1 Å². The molecule has 2 aromatic rings. The molecule has 0 unspecified atom stereocenters. The van der Waals surface area contributed by atoms with Crippen LogP contribution in [0.15, 0.2) is 24.3 Å². The third-order valence-electron chi connectivity index (χ3n) is 3.32. The molecule has 0 fully saturated rings. The van der Waals surface area contributed by atoms with E-state index in [2.05, 4.69) is 20.8 Å². The molecule has 8 heteroatoms. The summed E-state index contributed by atoms with van der Waals surface area (Å²) >= 11 is 1.33. The topological polar surface area (TPSA) is 79.4 Å². The first-order valence-electron chi connectivity index (χ1n) is 7.15. The van der Waals surface area contributed by atoms with Crippen LogP contribution >= 0.6 is 11.3 Å². The Labute approximate surface area is 139 Å². The Balaban J connectivity index is 2.01. The van der Waals surface area contributed by atoms with Crippen LogP contribution in [0.4, 0.5) is 9.93 Å². The highest BCUT2D eigenvalue weighted by molar-refractivity contribution is 7.15. The third kappa shape index (κ3) is 4.64. The number of anilines is 1. The lowest BCUT2D eigenvalue weighted by molar-refractivity contribution is 0.242. The van der Waals surface area contributed by atoms with Crippen LogP contribution in [0.5, 0.6) is 5.75 Å². The van der Waals surface area contributed by atoms with Crippen LogP contribution in [0, 0.1) is 6.92 Å². The van der Waals surface area contributed by atoms with Crippen molar-refractivity contribution < 1.29 is 9.53 Å². The minimum absolute atomic E-state index is 0.00643. The van der Waals surface area contributed by atoms with Gasteiger partial charge in [-0.15, -0.1) is 10.2 Å². The van der Waals surface area contributed by atoms with Crippen molar-refractivity contribution in [3.63, 3.8) is 0 Å². The maximum absolute atomic E-state index is 12.0. The molecular formula is C15H21N5O2S. The maximum Gasteiger partial charge on any atom is 0.321 e. The summed E-state index contributed by atoms with van der Waals surface area (Å²) in [6.07, 6.45) is 0. The first-order valence-corrected chi connectivity index (χ1v) is 7.97. The minimum Gasteiger partial charge on any atom is -0.496 e. The van der Waals surface area contributed by atoms with E-state index in [0.29, 0.717) is 11.7 Å². The fourth-order valence-electron chi connectivity index (χ4n) is 2.19. The maximum atomic E-state index is 12.0. The zero-order valence-electron chi connectivity index (χ0n) is 13.7. The van der Waals surface area contributed by atoms with Gasteiger partial charge in [-0.3, -0.25) is 5.32 Å². The highest BCUT2D eigenvalue weighted by Crippen LogP contribution is 2.27. The van der Waals surface area contributed by atoms with Crippen molar-refractivity contribution in [2.45, 2.75) is 13.0 Å². The smallest absolute Gasteiger partial charge is 0.321 e. The predicted octanol–water partition coefficient (Wildman–Crippen LogP) is 2.28. The number of carbonyl (C=O) groups excluding carboxylic acids is 1. The molecule has 1 heterocycles. The molecule has 0 radical (unpaired) electrons. The number of urea groups is 1. The van der Waals surface area contributed by atoms with Crippen molar-refractivity contribution in [3.8, 4) is 5.75 Å². The number of nitrogens with one attached hydrogen (secondary N) is 2. The average molecular weight is 335 g/mol. The number of benzene rings is 1. The number of likely N-dealkylation sites (N-methyl/N-ethyl adjacent to an activating group) is 1. The van der Waals surface area contributed by atoms with Crippen LogP contribution in [0.3, 0.4) is 0 Å². The van der Waals surface area contributed by atoms with Gasteiger partial charge < -0.3 is 15.0 Å². The molecule has 0 spiro atoms. The van der Waals surface area contributed by atoms with E-state index in [-0.39, 0.29) is 12.1 Å². The SMILES string of the molecule is COc1ccccc1[C@@H](CNC(=O)Nc1nnc(C)s1)N(C)C. The van der Waals surface area contributed by atoms with E-state index in [0.717, 1.165) is 16.3 Å². The number of methoxy groups -OCH3 is 1. The summed E-state index contributed by atoms with van der Waals surface area (Å²) in [4.78, 5) is 14.0. The Morgan fingerprint density at radius 3 is 2.70 bits per heavy atom. The number of ether oxygens (including phenoxy) is 1. The fraction of sp³-hybridized carbons (Fsp3) is 0.400. The lowest BCUT2D eigenvalue weighted by atomic mass is 10.0. The lowest BCUT2D eigenvalue weighted by Crippen LogP contribution is -2.37. The van der Waals surface area contributed by atoms with Gasteiger partial charge in [-0.2, -0.15) is 0 Å². The van der Waals surface area contributed by atoms with E-state index in [1.165, 1.54) is 11.3 Å². The first kappa shape index (κ1) is 17.2. The molecular weight excluding hydrogens is 314 g/mol. The third-order valence-corrected chi connectivity index (χ3v) is 4.08. The van der Waals surface area contributed by atoms with Crippen LogP contribution < -0.4 is 15.4 Å². The summed E-state index contributed by atoms with van der Waals surface area (Å²) in [5.41, 5.74) is 1.02. The number of hydrogen-bond donors (Lipinski definition) is 2. The van der Waals surface area contributed by atoms with Crippen molar-refractivity contribution in [1.82, 2.24) is 20.4 Å². The summed E-state index contributed by atoms with van der Waals surface area (Å²) in [7, 11) is 5.57. The molecule has 0 saturated carbocycles. The van der Waals surface area contributed by atoms with E-state index in [1.54, 1.807) is 7.11 Å². The molecule has 0 aliphatic rings. The number of amides is 2. The zero-order valence-corrected chi connectivity index (χ0v) is 14.5. The van der Waals surface area contributed by atoms with Gasteiger partial charge in [0.15, 0.2) is 0 Å². The van der Waals surface area contributed by atoms with E-state index in [1.807, 2.05) is 50.2 Å². The number of rotatable bonds is 6. The summed E-state index contributed by atoms with van der Waals surface area (Å²) in [6, 6.07) is 7.48. The van der Waals surface area contributed by atoms with Crippen molar-refractivity contribution in [2.75, 3.05) is 33.1 Å². The lowest BCUT2D eigenvalue weighted by Gasteiger charge is -2.26. The van der Waals surface area contributed by atoms with Gasteiger partial charge in [0.1, 0.15) is 10.8 Å². The monoisotopic (exact) mass is 335 g/mol. The van der Waals surface area contributed by atoms with Gasteiger partial charge in [-0.1, -0.05) is 29.5 Å². The van der Waals surface area contributed by atoms with E-state index < -0.39 is 0 Å². The second kappa shape index (κ2) is 7.89. The number of nitrogens with zero attached hydrogens (tertiary/aromatic N) is 3. The van der Waals surface area contributed by atoms with Gasteiger partial charge in [-0.25, -0.2) is 4.79 Å². The minimum atomic E-state index is -0.303. The number of aryl methyl sites for hydroxylation is 1. The molecule has 0 saturated heterocycles. The number of hydrogen-bond acceptors (Lipinski definition) is 6. The average Bonchev–Trinajstić information content (AvgIpc) is 2.92. The molecule has 0 bridgehead atoms. The highest BCUT2D eigenvalue weighted by Gasteiger charge is 2.19. The molecule has 2 N–H and O–H groups in total. The molecule has 124 valence electrons. The highest BCUT2D eigenvalue weighted by atomic mass is 32.1. The second-order valence-electron chi connectivity index (χ2n) is 5.18. The van der Waals surface area contributed by atoms with Gasteiger partial charge in [-0.05, 0) is 27.1 Å². The van der Waals surface area contributed by atoms with Gasteiger partial charge in [0.05, 0.1) is 13.2 Å². The van der Waals surface area contributed by atoms with Crippen LogP contribution in [0.25, 0.3) is 0 Å². The largest absolute Gasteiger partial charge is 0.496 e. The number of aromatic nitrogens is 2. The predicted molar refractivity (Wildman–Crippen MR) is 91.1 cm³/mol. The molecule has 1 atom stereocenters. The quantitative estimate of drug-likeness (QED) is 0.847. The summed E-state index contributed by atoms with van der Waals surface area (Å²) < 4.78 is 5.41. The fourth-order valence-corrected chi connectivity index (χ4v) is 2.78. The second-order valence-corrected chi connectivity index (χ2v) is 6.36. The Morgan fingerprint density at radius 2 is 2.09 bits per heavy atom. The summed E-state index contributed by atoms with van der Waals surface area (Å²) in [6.45, 7) is 2.28. The molecule has 23 heavy (non-hydrogen) atoms. The van der Waals surface area contributed by atoms with Crippen LogP contribution in [-0.2, 0) is 0 Å². The van der Waals surface area contributed by atoms with Crippen molar-refractivity contribution in [2.24, 2.45) is 0 Å². The molecule has 2 rings (SSSR count). The Kier molecular flexibility index (Phi) is 5.89. The van der Waals surface area contributed by atoms with Crippen LogP contribution in [0.2, 0.25) is 0 Å². The molecule has 1 aromatic heterocycles. The van der Waals surface area contributed by atoms with Crippen molar-refractivity contribution in [1.29, 1.82) is 0 Å². The standard InChI is InChI=1S/C15H21N5O2S/c1-10-18-19-15(23-10)17-14(21)16-9-12(20(2)3)11-7-5-6-8-13(11)22-4/h5-8,12H,9H2,1-4H3,(H2,16,17,19,21)/t12-/m1/s1. The normalized spacial score (nSPS) is 12.0. The molecule has 2 amide bonds. The Bertz CT molecular complexity index is 659.